The zero-order valence-electron chi connectivity index (χ0n) is 13.6. The van der Waals surface area contributed by atoms with Crippen molar-refractivity contribution in [3.05, 3.63) is 46.6 Å². The highest BCUT2D eigenvalue weighted by Crippen LogP contribution is 2.28. The number of likely N-dealkylation sites (tertiary alicyclic amines) is 1. The summed E-state index contributed by atoms with van der Waals surface area (Å²) in [6.45, 7) is 1.30. The first-order valence-corrected chi connectivity index (χ1v) is 8.74. The molecule has 7 nitrogen and oxygen atoms in total. The van der Waals surface area contributed by atoms with Gasteiger partial charge in [0.1, 0.15) is 0 Å². The van der Waals surface area contributed by atoms with E-state index in [-0.39, 0.29) is 11.8 Å². The number of hydrogen-bond donors (Lipinski definition) is 1. The van der Waals surface area contributed by atoms with E-state index in [0.717, 1.165) is 24.1 Å². The summed E-state index contributed by atoms with van der Waals surface area (Å²) in [4.78, 5) is 20.2. The van der Waals surface area contributed by atoms with Crippen molar-refractivity contribution in [2.75, 3.05) is 13.1 Å². The second-order valence-corrected chi connectivity index (χ2v) is 6.62. The molecule has 0 aliphatic carbocycles. The van der Waals surface area contributed by atoms with Gasteiger partial charge in [0.05, 0.1) is 5.71 Å². The molecule has 1 aromatic carbocycles. The lowest BCUT2D eigenvalue weighted by Crippen LogP contribution is -2.43. The van der Waals surface area contributed by atoms with Crippen molar-refractivity contribution in [2.24, 2.45) is 5.16 Å². The summed E-state index contributed by atoms with van der Waals surface area (Å²) in [5.74, 6) is 0.817. The van der Waals surface area contributed by atoms with E-state index in [4.69, 9.17) is 21.5 Å². The molecule has 0 saturated carbocycles. The smallest absolute Gasteiger partial charge is 0.284 e. The number of aromatic amines is 1. The van der Waals surface area contributed by atoms with Gasteiger partial charge in [-0.2, -0.15) is 0 Å². The van der Waals surface area contributed by atoms with Crippen LogP contribution in [0.3, 0.4) is 0 Å². The van der Waals surface area contributed by atoms with E-state index in [1.54, 1.807) is 0 Å². The number of benzene rings is 1. The highest BCUT2D eigenvalue weighted by molar-refractivity contribution is 7.71. The molecule has 2 aliphatic rings. The number of nitrogens with one attached hydrogen (secondary N) is 1. The first-order chi connectivity index (χ1) is 12.2. The molecule has 1 aromatic heterocycles. The Morgan fingerprint density at radius 1 is 1.24 bits per heavy atom. The fourth-order valence-electron chi connectivity index (χ4n) is 3.28. The van der Waals surface area contributed by atoms with Crippen LogP contribution in [0.1, 0.15) is 36.6 Å². The van der Waals surface area contributed by atoms with E-state index in [2.05, 4.69) is 15.4 Å². The van der Waals surface area contributed by atoms with Crippen LogP contribution >= 0.6 is 12.2 Å². The van der Waals surface area contributed by atoms with E-state index in [0.29, 0.717) is 30.2 Å². The zero-order valence-corrected chi connectivity index (χ0v) is 14.4. The molecule has 130 valence electrons. The highest BCUT2D eigenvalue weighted by atomic mass is 32.1. The Morgan fingerprint density at radius 2 is 2.00 bits per heavy atom. The number of piperidine rings is 1. The van der Waals surface area contributed by atoms with Crippen LogP contribution < -0.4 is 0 Å². The maximum absolute atomic E-state index is 12.7. The molecule has 1 atom stereocenters. The SMILES string of the molecule is O=C([C@H]1CC(c2ccccc2)=NO1)N1CCC(c2n[nH]c(=S)o2)CC1. The average molecular weight is 358 g/mol. The van der Waals surface area contributed by atoms with Crippen molar-refractivity contribution in [3.8, 4) is 0 Å². The van der Waals surface area contributed by atoms with Crippen LogP contribution in [0, 0.1) is 4.84 Å². The Balaban J connectivity index is 1.33. The van der Waals surface area contributed by atoms with Gasteiger partial charge in [-0.15, -0.1) is 5.10 Å². The molecule has 2 aliphatic heterocycles. The van der Waals surface area contributed by atoms with Crippen LogP contribution in [0.25, 0.3) is 0 Å². The van der Waals surface area contributed by atoms with Crippen LogP contribution in [0.15, 0.2) is 39.9 Å². The second-order valence-electron chi connectivity index (χ2n) is 6.25. The molecule has 1 fully saturated rings. The van der Waals surface area contributed by atoms with Crippen molar-refractivity contribution in [3.63, 3.8) is 0 Å². The molecule has 3 heterocycles. The third kappa shape index (κ3) is 3.34. The van der Waals surface area contributed by atoms with Gasteiger partial charge >= 0.3 is 0 Å². The predicted molar refractivity (Wildman–Crippen MR) is 92.7 cm³/mol. The fraction of sp³-hybridized carbons (Fsp3) is 0.412. The minimum atomic E-state index is -0.527. The number of carbonyl (C=O) groups excluding carboxylic acids is 1. The van der Waals surface area contributed by atoms with Crippen LogP contribution in [0.4, 0.5) is 0 Å². The van der Waals surface area contributed by atoms with Gasteiger partial charge in [0, 0.05) is 25.4 Å². The van der Waals surface area contributed by atoms with Gasteiger partial charge < -0.3 is 14.2 Å². The molecule has 0 radical (unpaired) electrons. The van der Waals surface area contributed by atoms with E-state index >= 15 is 0 Å². The van der Waals surface area contributed by atoms with Gasteiger partial charge in [-0.3, -0.25) is 4.79 Å². The minimum Gasteiger partial charge on any atom is -0.414 e. The second kappa shape index (κ2) is 6.79. The predicted octanol–water partition coefficient (Wildman–Crippen LogP) is 2.63. The molecule has 1 saturated heterocycles. The molecule has 2 aromatic rings. The molecule has 0 bridgehead atoms. The maximum atomic E-state index is 12.7. The van der Waals surface area contributed by atoms with Crippen molar-refractivity contribution >= 4 is 23.8 Å². The Kier molecular flexibility index (Phi) is 4.35. The number of nitrogens with zero attached hydrogens (tertiary/aromatic N) is 3. The fourth-order valence-corrected chi connectivity index (χ4v) is 3.41. The molecule has 25 heavy (non-hydrogen) atoms. The van der Waals surface area contributed by atoms with Gasteiger partial charge in [-0.05, 0) is 30.6 Å². The molecule has 1 amide bonds. The van der Waals surface area contributed by atoms with E-state index in [1.807, 2.05) is 35.2 Å². The number of rotatable bonds is 3. The van der Waals surface area contributed by atoms with Crippen molar-refractivity contribution in [1.29, 1.82) is 0 Å². The van der Waals surface area contributed by atoms with E-state index in [1.165, 1.54) is 0 Å². The number of hydrogen-bond acceptors (Lipinski definition) is 6. The van der Waals surface area contributed by atoms with Gasteiger partial charge in [0.25, 0.3) is 10.7 Å². The van der Waals surface area contributed by atoms with Crippen molar-refractivity contribution in [1.82, 2.24) is 15.1 Å². The van der Waals surface area contributed by atoms with Gasteiger partial charge in [0.2, 0.25) is 12.0 Å². The minimum absolute atomic E-state index is 0.00365. The Bertz CT molecular complexity index is 837. The number of oxime groups is 1. The lowest BCUT2D eigenvalue weighted by Gasteiger charge is -2.31. The van der Waals surface area contributed by atoms with E-state index < -0.39 is 6.10 Å². The molecule has 1 N–H and O–H groups in total. The first kappa shape index (κ1) is 16.0. The zero-order chi connectivity index (χ0) is 17.2. The quantitative estimate of drug-likeness (QED) is 0.853. The third-order valence-corrected chi connectivity index (χ3v) is 4.84. The first-order valence-electron chi connectivity index (χ1n) is 8.33. The average Bonchev–Trinajstić information content (AvgIpc) is 3.31. The normalized spacial score (nSPS) is 21.0. The van der Waals surface area contributed by atoms with Crippen molar-refractivity contribution < 1.29 is 14.0 Å². The summed E-state index contributed by atoms with van der Waals surface area (Å²) in [5.41, 5.74) is 1.82. The van der Waals surface area contributed by atoms with Crippen molar-refractivity contribution in [2.45, 2.75) is 31.3 Å². The lowest BCUT2D eigenvalue weighted by atomic mass is 9.96. The number of H-pyrrole nitrogens is 1. The number of carbonyl (C=O) groups is 1. The summed E-state index contributed by atoms with van der Waals surface area (Å²) in [6, 6.07) is 9.80. The molecule has 4 rings (SSSR count). The van der Waals surface area contributed by atoms with Crippen LogP contribution in [-0.4, -0.2) is 45.9 Å². The maximum Gasteiger partial charge on any atom is 0.284 e. The summed E-state index contributed by atoms with van der Waals surface area (Å²) in [5, 5.41) is 10.8. The highest BCUT2D eigenvalue weighted by Gasteiger charge is 2.35. The Hall–Kier alpha value is -2.48. The standard InChI is InChI=1S/C17H18N4O3S/c22-16(14-10-13(20-24-14)11-4-2-1-3-5-11)21-8-6-12(7-9-21)15-18-19-17(25)23-15/h1-5,12,14H,6-10H2,(H,19,25)/t14-/m1/s1. The monoisotopic (exact) mass is 358 g/mol. The summed E-state index contributed by atoms with van der Waals surface area (Å²) >= 11 is 4.91. The van der Waals surface area contributed by atoms with Crippen LogP contribution in [0.2, 0.25) is 0 Å². The number of amides is 1. The molecule has 0 spiro atoms. The Morgan fingerprint density at radius 3 is 2.68 bits per heavy atom. The molecule has 0 unspecified atom stereocenters. The van der Waals surface area contributed by atoms with E-state index in [9.17, 15) is 4.79 Å². The topological polar surface area (TPSA) is 83.7 Å². The lowest BCUT2D eigenvalue weighted by molar-refractivity contribution is -0.143. The Labute approximate surface area is 149 Å². The van der Waals surface area contributed by atoms with Gasteiger partial charge in [-0.1, -0.05) is 35.5 Å². The van der Waals surface area contributed by atoms with Gasteiger partial charge in [-0.25, -0.2) is 5.10 Å². The third-order valence-electron chi connectivity index (χ3n) is 4.66. The molecular formula is C17H18N4O3S. The largest absolute Gasteiger partial charge is 0.414 e. The molecule has 8 heteroatoms. The van der Waals surface area contributed by atoms with Crippen LogP contribution in [0.5, 0.6) is 0 Å². The summed E-state index contributed by atoms with van der Waals surface area (Å²) in [6.07, 6.45) is 1.58. The van der Waals surface area contributed by atoms with Crippen LogP contribution in [-0.2, 0) is 9.63 Å². The summed E-state index contributed by atoms with van der Waals surface area (Å²) < 4.78 is 5.38. The number of aromatic nitrogens is 2. The summed E-state index contributed by atoms with van der Waals surface area (Å²) in [7, 11) is 0. The molecular weight excluding hydrogens is 340 g/mol. The van der Waals surface area contributed by atoms with Gasteiger partial charge in [0.15, 0.2) is 0 Å².